The fourth-order valence-electron chi connectivity index (χ4n) is 2.78. The minimum absolute atomic E-state index is 0.0825. The van der Waals surface area contributed by atoms with Gasteiger partial charge in [0.05, 0.1) is 18.9 Å². The van der Waals surface area contributed by atoms with Crippen LogP contribution in [-0.4, -0.2) is 54.5 Å². The lowest BCUT2D eigenvalue weighted by Gasteiger charge is -2.19. The van der Waals surface area contributed by atoms with E-state index < -0.39 is 0 Å². The van der Waals surface area contributed by atoms with Gasteiger partial charge in [0.1, 0.15) is 5.82 Å². The third kappa shape index (κ3) is 3.02. The number of hydrogen-bond donors (Lipinski definition) is 2. The van der Waals surface area contributed by atoms with Crippen molar-refractivity contribution >= 4 is 11.8 Å². The zero-order valence-corrected chi connectivity index (χ0v) is 11.7. The number of nitrogens with zero attached hydrogens (tertiary/aromatic N) is 3. The second kappa shape index (κ2) is 6.37. The molecule has 6 heteroatoms. The molecule has 1 aromatic rings. The molecule has 2 aliphatic heterocycles. The molecule has 0 unspecified atom stereocenters. The first-order valence-corrected chi connectivity index (χ1v) is 7.43. The predicted octanol–water partition coefficient (Wildman–Crippen LogP) is 0.985. The van der Waals surface area contributed by atoms with Crippen LogP contribution in [0.5, 0.6) is 0 Å². The maximum absolute atomic E-state index is 8.94. The molecule has 3 rings (SSSR count). The molecule has 3 heterocycles. The summed E-state index contributed by atoms with van der Waals surface area (Å²) in [4.78, 5) is 11.5. The first kappa shape index (κ1) is 13.6. The molecule has 0 aromatic carbocycles. The van der Waals surface area contributed by atoms with Crippen molar-refractivity contribution in [3.05, 3.63) is 11.8 Å². The van der Waals surface area contributed by atoms with Crippen molar-refractivity contribution in [2.45, 2.75) is 25.2 Å². The van der Waals surface area contributed by atoms with Crippen molar-refractivity contribution in [2.75, 3.05) is 49.7 Å². The van der Waals surface area contributed by atoms with E-state index in [9.17, 15) is 0 Å². The second-order valence-electron chi connectivity index (χ2n) is 5.38. The number of aliphatic hydroxyl groups is 1. The Kier molecular flexibility index (Phi) is 4.32. The molecule has 6 nitrogen and oxygen atoms in total. The first-order chi connectivity index (χ1) is 9.86. The van der Waals surface area contributed by atoms with Crippen LogP contribution in [0.1, 0.15) is 30.9 Å². The topological polar surface area (TPSA) is 70.5 Å². The molecule has 1 aromatic heterocycles. The van der Waals surface area contributed by atoms with Crippen LogP contribution in [0, 0.1) is 0 Å². The minimum atomic E-state index is 0.0825. The maximum Gasteiger partial charge on any atom is 0.224 e. The number of rotatable bonds is 5. The number of ether oxygens (including phenoxy) is 1. The zero-order valence-electron chi connectivity index (χ0n) is 11.7. The van der Waals surface area contributed by atoms with Gasteiger partial charge in [-0.15, -0.1) is 0 Å². The maximum atomic E-state index is 8.94. The van der Waals surface area contributed by atoms with Gasteiger partial charge in [-0.3, -0.25) is 0 Å². The van der Waals surface area contributed by atoms with Gasteiger partial charge in [-0.2, -0.15) is 4.98 Å². The predicted molar refractivity (Wildman–Crippen MR) is 77.2 cm³/mol. The summed E-state index contributed by atoms with van der Waals surface area (Å²) in [6.45, 7) is 4.25. The van der Waals surface area contributed by atoms with Gasteiger partial charge >= 0.3 is 0 Å². The van der Waals surface area contributed by atoms with Crippen LogP contribution in [0.2, 0.25) is 0 Å². The van der Waals surface area contributed by atoms with E-state index in [-0.39, 0.29) is 6.61 Å². The Hall–Kier alpha value is -1.40. The Bertz CT molecular complexity index is 409. The number of aromatic nitrogens is 2. The molecule has 20 heavy (non-hydrogen) atoms. The van der Waals surface area contributed by atoms with Gasteiger partial charge in [0.15, 0.2) is 0 Å². The van der Waals surface area contributed by atoms with E-state index >= 15 is 0 Å². The Balaban J connectivity index is 1.85. The lowest BCUT2D eigenvalue weighted by molar-refractivity contribution is 0.193. The van der Waals surface area contributed by atoms with E-state index in [1.165, 1.54) is 12.8 Å². The fourth-order valence-corrected chi connectivity index (χ4v) is 2.78. The lowest BCUT2D eigenvalue weighted by Crippen LogP contribution is -2.21. The molecule has 110 valence electrons. The summed E-state index contributed by atoms with van der Waals surface area (Å²) in [5.41, 5.74) is 1.06. The fraction of sp³-hybridized carbons (Fsp3) is 0.714. The van der Waals surface area contributed by atoms with Crippen molar-refractivity contribution in [3.63, 3.8) is 0 Å². The van der Waals surface area contributed by atoms with Crippen molar-refractivity contribution in [1.29, 1.82) is 0 Å². The molecule has 0 bridgehead atoms. The quantitative estimate of drug-likeness (QED) is 0.837. The molecule has 2 aliphatic rings. The average Bonchev–Trinajstić information content (AvgIpc) is 3.17. The summed E-state index contributed by atoms with van der Waals surface area (Å²) >= 11 is 0. The van der Waals surface area contributed by atoms with E-state index in [1.54, 1.807) is 0 Å². The first-order valence-electron chi connectivity index (χ1n) is 7.43. The third-order valence-electron chi connectivity index (χ3n) is 3.91. The number of hydrogen-bond acceptors (Lipinski definition) is 6. The highest BCUT2D eigenvalue weighted by molar-refractivity contribution is 5.46. The van der Waals surface area contributed by atoms with Gasteiger partial charge in [0.25, 0.3) is 0 Å². The molecule has 0 radical (unpaired) electrons. The largest absolute Gasteiger partial charge is 0.395 e. The van der Waals surface area contributed by atoms with E-state index in [4.69, 9.17) is 9.84 Å². The van der Waals surface area contributed by atoms with Crippen LogP contribution < -0.4 is 10.2 Å². The van der Waals surface area contributed by atoms with Crippen LogP contribution in [0.25, 0.3) is 0 Å². The molecule has 2 fully saturated rings. The summed E-state index contributed by atoms with van der Waals surface area (Å²) in [6, 6.07) is 2.11. The van der Waals surface area contributed by atoms with Crippen molar-refractivity contribution < 1.29 is 9.84 Å². The van der Waals surface area contributed by atoms with E-state index in [0.717, 1.165) is 44.2 Å². The van der Waals surface area contributed by atoms with Crippen LogP contribution in [0.15, 0.2) is 6.07 Å². The Morgan fingerprint density at radius 1 is 1.35 bits per heavy atom. The molecule has 0 spiro atoms. The van der Waals surface area contributed by atoms with Crippen molar-refractivity contribution in [2.24, 2.45) is 0 Å². The van der Waals surface area contributed by atoms with Crippen LogP contribution >= 0.6 is 0 Å². The van der Waals surface area contributed by atoms with Gasteiger partial charge in [-0.25, -0.2) is 4.98 Å². The highest BCUT2D eigenvalue weighted by Crippen LogP contribution is 2.28. The molecule has 0 amide bonds. The standard InChI is InChI=1S/C14H22N4O2/c19-7-4-15-14-16-12(11-3-8-20-10-11)9-13(17-14)18-5-1-2-6-18/h9,11,19H,1-8,10H2,(H,15,16,17)/t11-/m0/s1. The van der Waals surface area contributed by atoms with Crippen molar-refractivity contribution in [1.82, 2.24) is 9.97 Å². The van der Waals surface area contributed by atoms with E-state index in [1.807, 2.05) is 0 Å². The summed E-state index contributed by atoms with van der Waals surface area (Å²) in [6.07, 6.45) is 3.48. The van der Waals surface area contributed by atoms with Gasteiger partial charge in [-0.05, 0) is 19.3 Å². The molecular formula is C14H22N4O2. The molecule has 0 aliphatic carbocycles. The number of nitrogens with one attached hydrogen (secondary N) is 1. The molecule has 0 saturated carbocycles. The Morgan fingerprint density at radius 3 is 2.90 bits per heavy atom. The smallest absolute Gasteiger partial charge is 0.224 e. The Morgan fingerprint density at radius 2 is 2.20 bits per heavy atom. The summed E-state index contributed by atoms with van der Waals surface area (Å²) in [5.74, 6) is 1.99. The molecule has 1 atom stereocenters. The Labute approximate surface area is 119 Å². The van der Waals surface area contributed by atoms with Gasteiger partial charge in [0.2, 0.25) is 5.95 Å². The lowest BCUT2D eigenvalue weighted by atomic mass is 10.0. The normalized spacial score (nSPS) is 22.4. The molecule has 2 saturated heterocycles. The van der Waals surface area contributed by atoms with E-state index in [2.05, 4.69) is 26.3 Å². The van der Waals surface area contributed by atoms with Gasteiger partial charge in [-0.1, -0.05) is 0 Å². The van der Waals surface area contributed by atoms with Crippen LogP contribution in [0.3, 0.4) is 0 Å². The van der Waals surface area contributed by atoms with Crippen LogP contribution in [-0.2, 0) is 4.74 Å². The second-order valence-corrected chi connectivity index (χ2v) is 5.38. The third-order valence-corrected chi connectivity index (χ3v) is 3.91. The SMILES string of the molecule is OCCNc1nc([C@H]2CCOC2)cc(N2CCCC2)n1. The summed E-state index contributed by atoms with van der Waals surface area (Å²) in [7, 11) is 0. The van der Waals surface area contributed by atoms with Gasteiger partial charge in [0, 0.05) is 38.2 Å². The zero-order chi connectivity index (χ0) is 13.8. The molecule has 2 N–H and O–H groups in total. The monoisotopic (exact) mass is 278 g/mol. The van der Waals surface area contributed by atoms with Gasteiger partial charge < -0.3 is 20.1 Å². The molecular weight excluding hydrogens is 256 g/mol. The number of anilines is 2. The highest BCUT2D eigenvalue weighted by Gasteiger charge is 2.22. The minimum Gasteiger partial charge on any atom is -0.395 e. The number of aliphatic hydroxyl groups excluding tert-OH is 1. The van der Waals surface area contributed by atoms with Crippen LogP contribution in [0.4, 0.5) is 11.8 Å². The van der Waals surface area contributed by atoms with E-state index in [0.29, 0.717) is 18.4 Å². The summed E-state index contributed by atoms with van der Waals surface area (Å²) in [5, 5.41) is 12.0. The highest BCUT2D eigenvalue weighted by atomic mass is 16.5. The van der Waals surface area contributed by atoms with Crippen molar-refractivity contribution in [3.8, 4) is 0 Å². The average molecular weight is 278 g/mol. The summed E-state index contributed by atoms with van der Waals surface area (Å²) < 4.78 is 5.46.